The zero-order valence-corrected chi connectivity index (χ0v) is 14.8. The number of hydrogen-bond acceptors (Lipinski definition) is 4. The molecule has 0 unspecified atom stereocenters. The van der Waals surface area contributed by atoms with Crippen molar-refractivity contribution in [2.45, 2.75) is 6.54 Å². The van der Waals surface area contributed by atoms with Crippen molar-refractivity contribution in [2.24, 2.45) is 5.73 Å². The van der Waals surface area contributed by atoms with Crippen LogP contribution in [0.4, 0.5) is 16.2 Å². The lowest BCUT2D eigenvalue weighted by Gasteiger charge is -2.08. The molecule has 0 saturated carbocycles. The van der Waals surface area contributed by atoms with Crippen LogP contribution < -0.4 is 21.7 Å². The first-order valence-corrected chi connectivity index (χ1v) is 8.40. The summed E-state index contributed by atoms with van der Waals surface area (Å²) >= 11 is 0. The van der Waals surface area contributed by atoms with Crippen molar-refractivity contribution in [3.05, 3.63) is 83.8 Å². The van der Waals surface area contributed by atoms with E-state index >= 15 is 0 Å². The van der Waals surface area contributed by atoms with Crippen molar-refractivity contribution in [3.63, 3.8) is 0 Å². The Morgan fingerprint density at radius 1 is 0.821 bits per heavy atom. The zero-order chi connectivity index (χ0) is 19.9. The summed E-state index contributed by atoms with van der Waals surface area (Å²) < 4.78 is 5.03. The van der Waals surface area contributed by atoms with Crippen LogP contribution in [0.5, 0.6) is 0 Å². The molecule has 4 amide bonds. The molecule has 0 aliphatic carbocycles. The lowest BCUT2D eigenvalue weighted by atomic mass is 10.1. The van der Waals surface area contributed by atoms with Crippen LogP contribution in [-0.4, -0.2) is 17.8 Å². The number of hydrogen-bond donors (Lipinski definition) is 4. The van der Waals surface area contributed by atoms with Crippen molar-refractivity contribution >= 4 is 29.2 Å². The van der Waals surface area contributed by atoms with Gasteiger partial charge in [-0.1, -0.05) is 12.1 Å². The Balaban J connectivity index is 1.53. The average molecular weight is 378 g/mol. The number of benzene rings is 2. The van der Waals surface area contributed by atoms with Crippen molar-refractivity contribution in [3.8, 4) is 0 Å². The second-order valence-electron chi connectivity index (χ2n) is 5.88. The van der Waals surface area contributed by atoms with Gasteiger partial charge in [0.15, 0.2) is 5.76 Å². The largest absolute Gasteiger partial charge is 0.459 e. The number of nitrogens with two attached hydrogens (primary N) is 1. The molecule has 142 valence electrons. The molecule has 1 heterocycles. The van der Waals surface area contributed by atoms with Gasteiger partial charge in [0.25, 0.3) is 11.8 Å². The van der Waals surface area contributed by atoms with Crippen LogP contribution in [0.15, 0.2) is 71.3 Å². The molecule has 0 aliphatic heterocycles. The predicted molar refractivity (Wildman–Crippen MR) is 104 cm³/mol. The molecule has 0 atom stereocenters. The Bertz CT molecular complexity index is 964. The standard InChI is InChI=1S/C20H18N4O4/c21-20(27)24-16-7-3-13(4-8-16)12-22-18(25)14-5-9-15(10-6-14)23-19(26)17-2-1-11-28-17/h1-11H,12H2,(H,22,25)(H,23,26)(H3,21,24,27). The predicted octanol–water partition coefficient (Wildman–Crippen LogP) is 2.95. The molecular weight excluding hydrogens is 360 g/mol. The van der Waals surface area contributed by atoms with E-state index in [0.717, 1.165) is 5.56 Å². The summed E-state index contributed by atoms with van der Waals surface area (Å²) in [5.74, 6) is -0.404. The average Bonchev–Trinajstić information content (AvgIpc) is 3.22. The summed E-state index contributed by atoms with van der Waals surface area (Å²) in [5.41, 5.74) is 7.51. The summed E-state index contributed by atoms with van der Waals surface area (Å²) in [6, 6.07) is 16.0. The van der Waals surface area contributed by atoms with Gasteiger partial charge in [-0.15, -0.1) is 0 Å². The van der Waals surface area contributed by atoms with Gasteiger partial charge in [0.2, 0.25) is 0 Å². The monoisotopic (exact) mass is 378 g/mol. The molecule has 2 aromatic carbocycles. The summed E-state index contributed by atoms with van der Waals surface area (Å²) in [5, 5.41) is 7.95. The maximum Gasteiger partial charge on any atom is 0.316 e. The van der Waals surface area contributed by atoms with E-state index in [4.69, 9.17) is 10.2 Å². The molecule has 28 heavy (non-hydrogen) atoms. The Kier molecular flexibility index (Phi) is 5.71. The molecule has 8 heteroatoms. The van der Waals surface area contributed by atoms with Gasteiger partial charge in [-0.25, -0.2) is 4.79 Å². The normalized spacial score (nSPS) is 10.1. The van der Waals surface area contributed by atoms with E-state index in [-0.39, 0.29) is 17.6 Å². The fraction of sp³-hybridized carbons (Fsp3) is 0.0500. The highest BCUT2D eigenvalue weighted by atomic mass is 16.3. The highest BCUT2D eigenvalue weighted by Crippen LogP contribution is 2.13. The van der Waals surface area contributed by atoms with Crippen LogP contribution in [0, 0.1) is 0 Å². The molecule has 3 aromatic rings. The minimum Gasteiger partial charge on any atom is -0.459 e. The minimum atomic E-state index is -0.634. The number of amides is 4. The quantitative estimate of drug-likeness (QED) is 0.526. The van der Waals surface area contributed by atoms with Gasteiger partial charge >= 0.3 is 6.03 Å². The number of carbonyl (C=O) groups is 3. The number of carbonyl (C=O) groups excluding carboxylic acids is 3. The molecule has 3 rings (SSSR count). The van der Waals surface area contributed by atoms with E-state index in [2.05, 4.69) is 16.0 Å². The van der Waals surface area contributed by atoms with E-state index in [1.807, 2.05) is 0 Å². The lowest BCUT2D eigenvalue weighted by Crippen LogP contribution is -2.23. The third-order valence-electron chi connectivity index (χ3n) is 3.82. The molecule has 0 spiro atoms. The molecule has 8 nitrogen and oxygen atoms in total. The number of primary amides is 1. The molecule has 5 N–H and O–H groups in total. The smallest absolute Gasteiger partial charge is 0.316 e. The van der Waals surface area contributed by atoms with Crippen molar-refractivity contribution in [2.75, 3.05) is 10.6 Å². The number of furan rings is 1. The molecular formula is C20H18N4O4. The van der Waals surface area contributed by atoms with Crippen LogP contribution in [0.1, 0.15) is 26.5 Å². The van der Waals surface area contributed by atoms with E-state index < -0.39 is 6.03 Å². The van der Waals surface area contributed by atoms with Gasteiger partial charge < -0.3 is 26.1 Å². The Hall–Kier alpha value is -4.07. The second-order valence-corrected chi connectivity index (χ2v) is 5.88. The molecule has 0 bridgehead atoms. The van der Waals surface area contributed by atoms with Gasteiger partial charge in [-0.3, -0.25) is 9.59 Å². The first kappa shape index (κ1) is 18.7. The third kappa shape index (κ3) is 4.98. The van der Waals surface area contributed by atoms with Gasteiger partial charge in [-0.2, -0.15) is 0 Å². The van der Waals surface area contributed by atoms with Crippen molar-refractivity contribution in [1.29, 1.82) is 0 Å². The molecule has 0 fully saturated rings. The zero-order valence-electron chi connectivity index (χ0n) is 14.8. The van der Waals surface area contributed by atoms with Gasteiger partial charge in [0.05, 0.1) is 6.26 Å². The van der Waals surface area contributed by atoms with Gasteiger partial charge in [-0.05, 0) is 54.1 Å². The SMILES string of the molecule is NC(=O)Nc1ccc(CNC(=O)c2ccc(NC(=O)c3ccco3)cc2)cc1. The Morgan fingerprint density at radius 3 is 2.07 bits per heavy atom. The van der Waals surface area contributed by atoms with Crippen LogP contribution >= 0.6 is 0 Å². The Morgan fingerprint density at radius 2 is 1.46 bits per heavy atom. The highest BCUT2D eigenvalue weighted by Gasteiger charge is 2.10. The first-order valence-electron chi connectivity index (χ1n) is 8.40. The number of urea groups is 1. The fourth-order valence-electron chi connectivity index (χ4n) is 2.44. The van der Waals surface area contributed by atoms with Gasteiger partial charge in [0, 0.05) is 23.5 Å². The van der Waals surface area contributed by atoms with Crippen LogP contribution in [-0.2, 0) is 6.54 Å². The minimum absolute atomic E-state index is 0.207. The maximum absolute atomic E-state index is 12.3. The van der Waals surface area contributed by atoms with E-state index in [9.17, 15) is 14.4 Å². The van der Waals surface area contributed by atoms with Crippen LogP contribution in [0.25, 0.3) is 0 Å². The third-order valence-corrected chi connectivity index (χ3v) is 3.82. The second kappa shape index (κ2) is 8.54. The molecule has 0 aliphatic rings. The molecule has 1 aromatic heterocycles. The van der Waals surface area contributed by atoms with Crippen molar-refractivity contribution in [1.82, 2.24) is 5.32 Å². The van der Waals surface area contributed by atoms with E-state index in [1.165, 1.54) is 6.26 Å². The summed E-state index contributed by atoms with van der Waals surface area (Å²) in [7, 11) is 0. The van der Waals surface area contributed by atoms with Gasteiger partial charge in [0.1, 0.15) is 0 Å². The first-order chi connectivity index (χ1) is 13.5. The highest BCUT2D eigenvalue weighted by molar-refractivity contribution is 6.02. The topological polar surface area (TPSA) is 126 Å². The van der Waals surface area contributed by atoms with Crippen LogP contribution in [0.2, 0.25) is 0 Å². The number of rotatable bonds is 6. The van der Waals surface area contributed by atoms with E-state index in [1.54, 1.807) is 60.7 Å². The molecule has 0 radical (unpaired) electrons. The summed E-state index contributed by atoms with van der Waals surface area (Å²) in [6.45, 7) is 0.326. The van der Waals surface area contributed by atoms with Crippen LogP contribution in [0.3, 0.4) is 0 Å². The lowest BCUT2D eigenvalue weighted by molar-refractivity contribution is 0.0950. The fourth-order valence-corrected chi connectivity index (χ4v) is 2.44. The maximum atomic E-state index is 12.3. The molecule has 0 saturated heterocycles. The summed E-state index contributed by atoms with van der Waals surface area (Å²) in [6.07, 6.45) is 1.42. The van der Waals surface area contributed by atoms with E-state index in [0.29, 0.717) is 23.5 Å². The number of nitrogens with one attached hydrogen (secondary N) is 3. The van der Waals surface area contributed by atoms with Crippen molar-refractivity contribution < 1.29 is 18.8 Å². The number of anilines is 2. The summed E-state index contributed by atoms with van der Waals surface area (Å²) in [4.78, 5) is 35.0. The Labute approximate surface area is 160 Å².